The Morgan fingerprint density at radius 3 is 2.51 bits per heavy atom. The summed E-state index contributed by atoms with van der Waals surface area (Å²) in [5, 5.41) is 5.67. The lowest BCUT2D eigenvalue weighted by atomic mass is 10.0. The number of nitrogens with zero attached hydrogens (tertiary/aromatic N) is 1. The van der Waals surface area contributed by atoms with E-state index in [0.717, 1.165) is 31.2 Å². The molecule has 0 aromatic heterocycles. The lowest BCUT2D eigenvalue weighted by Gasteiger charge is -2.30. The van der Waals surface area contributed by atoms with Crippen molar-refractivity contribution in [1.82, 2.24) is 20.3 Å². The lowest BCUT2D eigenvalue weighted by molar-refractivity contribution is -0.141. The number of nitrogens with one attached hydrogen (secondary N) is 3. The Hall–Kier alpha value is -3.21. The minimum atomic E-state index is -1.79. The minimum absolute atomic E-state index is 0.237. The monoisotopic (exact) mass is 586 g/mol. The van der Waals surface area contributed by atoms with Crippen LogP contribution < -0.4 is 15.4 Å². The highest BCUT2D eigenvalue weighted by Gasteiger charge is 2.61. The first kappa shape index (κ1) is 30.7. The van der Waals surface area contributed by atoms with Crippen LogP contribution in [0.5, 0.6) is 0 Å². The summed E-state index contributed by atoms with van der Waals surface area (Å²) in [6.07, 6.45) is 8.45. The van der Waals surface area contributed by atoms with Gasteiger partial charge in [0.15, 0.2) is 11.0 Å². The maximum Gasteiger partial charge on any atom is 0.408 e. The van der Waals surface area contributed by atoms with Gasteiger partial charge in [-0.25, -0.2) is 9.00 Å². The molecular weight excluding hydrogens is 544 g/mol. The first-order valence-corrected chi connectivity index (χ1v) is 15.6. The van der Waals surface area contributed by atoms with Crippen LogP contribution in [-0.2, 0) is 30.1 Å². The molecule has 0 radical (unpaired) electrons. The van der Waals surface area contributed by atoms with Gasteiger partial charge in [-0.3, -0.25) is 19.1 Å². The van der Waals surface area contributed by atoms with Crippen LogP contribution in [0.25, 0.3) is 0 Å². The van der Waals surface area contributed by atoms with Crippen LogP contribution in [0.4, 0.5) is 4.79 Å². The summed E-state index contributed by atoms with van der Waals surface area (Å²) in [5.74, 6) is -1.50. The van der Waals surface area contributed by atoms with Gasteiger partial charge < -0.3 is 20.3 Å². The molecule has 10 nitrogen and oxygen atoms in total. The molecule has 5 atom stereocenters. The third-order valence-corrected chi connectivity index (χ3v) is 8.82. The van der Waals surface area contributed by atoms with Crippen molar-refractivity contribution in [2.75, 3.05) is 6.54 Å². The van der Waals surface area contributed by atoms with Gasteiger partial charge in [0, 0.05) is 12.5 Å². The number of carbonyl (C=O) groups excluding carboxylic acids is 4. The Balaban J connectivity index is 1.53. The van der Waals surface area contributed by atoms with Gasteiger partial charge in [0.25, 0.3) is 5.91 Å². The number of fused-ring (bicyclic) bond motifs is 2. The first-order chi connectivity index (χ1) is 19.4. The van der Waals surface area contributed by atoms with Gasteiger partial charge in [-0.05, 0) is 78.4 Å². The van der Waals surface area contributed by atoms with Crippen LogP contribution in [0.15, 0.2) is 41.3 Å². The van der Waals surface area contributed by atoms with E-state index in [0.29, 0.717) is 37.1 Å². The Kier molecular flexibility index (Phi) is 9.56. The molecule has 2 fully saturated rings. The van der Waals surface area contributed by atoms with E-state index in [2.05, 4.69) is 15.4 Å². The van der Waals surface area contributed by atoms with Crippen LogP contribution in [0, 0.1) is 12.8 Å². The van der Waals surface area contributed by atoms with Gasteiger partial charge in [0.05, 0.1) is 4.90 Å². The van der Waals surface area contributed by atoms with Gasteiger partial charge in [-0.1, -0.05) is 42.7 Å². The molecular formula is C30H42N4O6S. The average molecular weight is 587 g/mol. The third-order valence-electron chi connectivity index (χ3n) is 7.75. The zero-order valence-corrected chi connectivity index (χ0v) is 25.2. The highest BCUT2D eigenvalue weighted by atomic mass is 32.2. The van der Waals surface area contributed by atoms with Crippen molar-refractivity contribution in [2.24, 2.45) is 5.92 Å². The Bertz CT molecular complexity index is 1210. The molecule has 1 aromatic carbocycles. The summed E-state index contributed by atoms with van der Waals surface area (Å²) in [5.41, 5.74) is -0.940. The quantitative estimate of drug-likeness (QED) is 0.463. The smallest absolute Gasteiger partial charge is 0.408 e. The second-order valence-corrected chi connectivity index (χ2v) is 13.5. The number of alkyl carbamates (subject to hydrolysis) is 1. The van der Waals surface area contributed by atoms with Crippen molar-refractivity contribution in [2.45, 2.75) is 107 Å². The SMILES string of the molecule is Cc1ccc([S@](=O)NC(=O)C23CC2/C=C\CCCCCC(NC(=O)OC(C)(C)C)C(=O)N2CCCC2C(=O)N3)cc1. The molecule has 4 rings (SSSR count). The van der Waals surface area contributed by atoms with Gasteiger partial charge in [-0.15, -0.1) is 0 Å². The van der Waals surface area contributed by atoms with Gasteiger partial charge in [0.2, 0.25) is 11.8 Å². The van der Waals surface area contributed by atoms with E-state index < -0.39 is 52.1 Å². The van der Waals surface area contributed by atoms with Crippen LogP contribution in [-0.4, -0.2) is 62.7 Å². The Morgan fingerprint density at radius 2 is 1.80 bits per heavy atom. The molecule has 224 valence electrons. The summed E-state index contributed by atoms with van der Waals surface area (Å²) in [6.45, 7) is 7.57. The van der Waals surface area contributed by atoms with E-state index in [1.165, 1.54) is 4.90 Å². The number of hydrogen-bond donors (Lipinski definition) is 3. The molecule has 3 aliphatic rings. The van der Waals surface area contributed by atoms with E-state index in [9.17, 15) is 23.4 Å². The zero-order chi connectivity index (χ0) is 29.8. The lowest BCUT2D eigenvalue weighted by Crippen LogP contribution is -2.58. The number of amides is 4. The third kappa shape index (κ3) is 7.75. The number of aryl methyl sites for hydroxylation is 1. The number of benzene rings is 1. The van der Waals surface area contributed by atoms with E-state index >= 15 is 0 Å². The van der Waals surface area contributed by atoms with Gasteiger partial charge >= 0.3 is 6.09 Å². The van der Waals surface area contributed by atoms with Crippen LogP contribution in [0.2, 0.25) is 0 Å². The topological polar surface area (TPSA) is 134 Å². The van der Waals surface area contributed by atoms with E-state index in [1.807, 2.05) is 31.2 Å². The number of rotatable bonds is 4. The van der Waals surface area contributed by atoms with Crippen molar-refractivity contribution >= 4 is 34.8 Å². The van der Waals surface area contributed by atoms with E-state index in [1.54, 1.807) is 32.9 Å². The minimum Gasteiger partial charge on any atom is -0.444 e. The second kappa shape index (κ2) is 12.8. The molecule has 1 saturated carbocycles. The maximum atomic E-state index is 13.7. The summed E-state index contributed by atoms with van der Waals surface area (Å²) >= 11 is 0. The van der Waals surface area contributed by atoms with Crippen LogP contribution >= 0.6 is 0 Å². The molecule has 3 N–H and O–H groups in total. The van der Waals surface area contributed by atoms with E-state index in [-0.39, 0.29) is 11.8 Å². The molecule has 1 aliphatic carbocycles. The number of hydrogen-bond acceptors (Lipinski definition) is 6. The number of ether oxygens (including phenoxy) is 1. The number of allylic oxidation sites excluding steroid dienone is 1. The molecule has 1 saturated heterocycles. The van der Waals surface area contributed by atoms with Crippen LogP contribution in [0.1, 0.15) is 77.7 Å². The first-order valence-electron chi connectivity index (χ1n) is 14.5. The van der Waals surface area contributed by atoms with E-state index in [4.69, 9.17) is 4.74 Å². The highest BCUT2D eigenvalue weighted by Crippen LogP contribution is 2.45. The molecule has 4 unspecified atom stereocenters. The van der Waals surface area contributed by atoms with Crippen LogP contribution in [0.3, 0.4) is 0 Å². The standard InChI is InChI=1S/C30H42N4O6S/c1-20-14-16-22(17-15-20)41(39)33-27(37)30-19-21(30)11-8-6-5-7-9-12-23(31-28(38)40-29(2,3)4)26(36)34-18-10-13-24(34)25(35)32-30/h8,11,14-17,21,23-24H,5-7,9-10,12-13,18-19H2,1-4H3,(H,31,38)(H,32,35)(H,33,37)/b11-8-/t21?,23?,24?,30?,41-/m0/s1. The fourth-order valence-electron chi connectivity index (χ4n) is 5.44. The predicted molar refractivity (Wildman–Crippen MR) is 155 cm³/mol. The van der Waals surface area contributed by atoms with Crippen molar-refractivity contribution in [3.63, 3.8) is 0 Å². The molecule has 0 spiro atoms. The van der Waals surface area contributed by atoms with Crippen molar-refractivity contribution in [3.8, 4) is 0 Å². The highest BCUT2D eigenvalue weighted by molar-refractivity contribution is 7.83. The molecule has 2 aliphatic heterocycles. The fraction of sp³-hybridized carbons (Fsp3) is 0.600. The molecule has 11 heteroatoms. The summed E-state index contributed by atoms with van der Waals surface area (Å²) < 4.78 is 20.9. The molecule has 2 heterocycles. The van der Waals surface area contributed by atoms with Gasteiger partial charge in [-0.2, -0.15) is 0 Å². The predicted octanol–water partition coefficient (Wildman–Crippen LogP) is 3.41. The van der Waals surface area contributed by atoms with Crippen molar-refractivity contribution < 1.29 is 28.1 Å². The van der Waals surface area contributed by atoms with Gasteiger partial charge in [0.1, 0.15) is 23.2 Å². The summed E-state index contributed by atoms with van der Waals surface area (Å²) in [4.78, 5) is 55.4. The fourth-order valence-corrected chi connectivity index (χ4v) is 6.29. The molecule has 41 heavy (non-hydrogen) atoms. The normalized spacial score (nSPS) is 28.6. The zero-order valence-electron chi connectivity index (χ0n) is 24.4. The van der Waals surface area contributed by atoms with Crippen molar-refractivity contribution in [1.29, 1.82) is 0 Å². The summed E-state index contributed by atoms with van der Waals surface area (Å²) in [7, 11) is -1.79. The Morgan fingerprint density at radius 1 is 1.07 bits per heavy atom. The second-order valence-electron chi connectivity index (χ2n) is 12.2. The summed E-state index contributed by atoms with van der Waals surface area (Å²) in [6, 6.07) is 5.46. The average Bonchev–Trinajstić information content (AvgIpc) is 3.35. The maximum absolute atomic E-state index is 13.7. The van der Waals surface area contributed by atoms with Crippen molar-refractivity contribution in [3.05, 3.63) is 42.0 Å². The Labute approximate surface area is 244 Å². The molecule has 4 amide bonds. The molecule has 0 bridgehead atoms. The largest absolute Gasteiger partial charge is 0.444 e. The molecule has 1 aromatic rings. The number of carbonyl (C=O) groups is 4.